The van der Waals surface area contributed by atoms with E-state index in [0.717, 1.165) is 24.7 Å². The van der Waals surface area contributed by atoms with Crippen molar-refractivity contribution in [1.82, 2.24) is 10.3 Å². The zero-order chi connectivity index (χ0) is 21.6. The fourth-order valence-corrected chi connectivity index (χ4v) is 2.94. The molecular weight excluding hydrogens is 412 g/mol. The van der Waals surface area contributed by atoms with Crippen LogP contribution in [-0.4, -0.2) is 49.6 Å². The topological polar surface area (TPSA) is 124 Å². The highest BCUT2D eigenvalue weighted by Crippen LogP contribution is 2.26. The van der Waals surface area contributed by atoms with Crippen LogP contribution in [-0.2, 0) is 25.6 Å². The molecule has 0 aliphatic heterocycles. The van der Waals surface area contributed by atoms with E-state index < -0.39 is 35.0 Å². The first kappa shape index (κ1) is 22.0. The Morgan fingerprint density at radius 1 is 1.23 bits per heavy atom. The minimum absolute atomic E-state index is 0.0250. The number of carbonyl (C=O) groups excluding carboxylic acids is 1. The number of pyridine rings is 1. The number of hydrogen-bond donors (Lipinski definition) is 2. The zero-order valence-electron chi connectivity index (χ0n) is 16.4. The number of amides is 1. The summed E-state index contributed by atoms with van der Waals surface area (Å²) in [6.07, 6.45) is 2.37. The molecule has 162 valence electrons. The maximum Gasteiger partial charge on any atom is 0.407 e. The second-order valence-corrected chi connectivity index (χ2v) is 8.64. The summed E-state index contributed by atoms with van der Waals surface area (Å²) >= 11 is 0. The lowest BCUT2D eigenvalue weighted by atomic mass is 10.1. The van der Waals surface area contributed by atoms with Gasteiger partial charge in [0.05, 0.1) is 18.9 Å². The van der Waals surface area contributed by atoms with Crippen molar-refractivity contribution < 1.29 is 32.0 Å². The number of carbonyl (C=O) groups is 1. The van der Waals surface area contributed by atoms with Gasteiger partial charge in [-0.25, -0.2) is 9.78 Å². The van der Waals surface area contributed by atoms with Crippen molar-refractivity contribution >= 4 is 16.2 Å². The molecule has 30 heavy (non-hydrogen) atoms. The number of nitrogens with one attached hydrogen (secondary N) is 1. The van der Waals surface area contributed by atoms with Gasteiger partial charge < -0.3 is 19.9 Å². The summed E-state index contributed by atoms with van der Waals surface area (Å²) in [5.74, 6) is 0.438. The molecule has 9 nitrogen and oxygen atoms in total. The molecule has 10 heteroatoms. The van der Waals surface area contributed by atoms with E-state index in [0.29, 0.717) is 11.4 Å². The Morgan fingerprint density at radius 3 is 2.57 bits per heavy atom. The number of aromatic nitrogens is 1. The molecule has 0 radical (unpaired) electrons. The van der Waals surface area contributed by atoms with E-state index in [1.807, 2.05) is 18.2 Å². The average Bonchev–Trinajstić information content (AvgIpc) is 3.54. The highest BCUT2D eigenvalue weighted by Gasteiger charge is 2.27. The number of nitrogens with zero attached hydrogens (tertiary/aromatic N) is 1. The van der Waals surface area contributed by atoms with E-state index in [-0.39, 0.29) is 12.7 Å². The van der Waals surface area contributed by atoms with Gasteiger partial charge in [-0.15, -0.1) is 0 Å². The van der Waals surface area contributed by atoms with Crippen molar-refractivity contribution in [2.75, 3.05) is 12.9 Å². The number of rotatable bonds is 10. The molecule has 1 unspecified atom stereocenters. The van der Waals surface area contributed by atoms with Crippen molar-refractivity contribution in [1.29, 1.82) is 0 Å². The Bertz CT molecular complexity index is 931. The molecule has 2 aromatic rings. The van der Waals surface area contributed by atoms with Crippen molar-refractivity contribution in [2.24, 2.45) is 0 Å². The summed E-state index contributed by atoms with van der Waals surface area (Å²) in [5.41, 5.74) is 1.15. The van der Waals surface area contributed by atoms with E-state index in [4.69, 9.17) is 13.7 Å². The number of hydrogen-bond acceptors (Lipinski definition) is 8. The van der Waals surface area contributed by atoms with E-state index in [1.54, 1.807) is 24.3 Å². The van der Waals surface area contributed by atoms with Crippen LogP contribution in [0.2, 0.25) is 0 Å². The van der Waals surface area contributed by atoms with Crippen LogP contribution in [0.3, 0.4) is 0 Å². The van der Waals surface area contributed by atoms with Gasteiger partial charge in [-0.2, -0.15) is 8.42 Å². The molecule has 0 bridgehead atoms. The van der Waals surface area contributed by atoms with Gasteiger partial charge in [0.2, 0.25) is 5.88 Å². The molecule has 1 amide bonds. The largest absolute Gasteiger partial charge is 0.474 e. The van der Waals surface area contributed by atoms with Gasteiger partial charge in [0.15, 0.2) is 0 Å². The zero-order valence-corrected chi connectivity index (χ0v) is 17.2. The molecule has 2 atom stereocenters. The van der Waals surface area contributed by atoms with Crippen molar-refractivity contribution in [2.45, 2.75) is 37.7 Å². The van der Waals surface area contributed by atoms with E-state index in [1.165, 1.54) is 6.20 Å². The van der Waals surface area contributed by atoms with E-state index >= 15 is 0 Å². The van der Waals surface area contributed by atoms with Crippen LogP contribution in [0.5, 0.6) is 5.88 Å². The molecule has 1 heterocycles. The molecule has 1 aromatic heterocycles. The predicted molar refractivity (Wildman–Crippen MR) is 107 cm³/mol. The van der Waals surface area contributed by atoms with Gasteiger partial charge in [-0.05, 0) is 24.5 Å². The molecule has 1 saturated carbocycles. The van der Waals surface area contributed by atoms with Crippen LogP contribution in [0, 0.1) is 0 Å². The minimum atomic E-state index is -3.78. The normalized spacial score (nSPS) is 15.8. The van der Waals surface area contributed by atoms with Crippen LogP contribution in [0.25, 0.3) is 0 Å². The molecule has 1 aromatic carbocycles. The summed E-state index contributed by atoms with van der Waals surface area (Å²) < 4.78 is 38.2. The van der Waals surface area contributed by atoms with Crippen molar-refractivity contribution in [3.05, 3.63) is 59.8 Å². The van der Waals surface area contributed by atoms with Crippen LogP contribution >= 0.6 is 0 Å². The standard InChI is InChI=1S/C20H24N2O7S/c1-30(25,26)28-13-17(22-20(24)27-12-14-5-3-2-4-6-14)19(23)15-7-10-18(21-11-15)29-16-8-9-16/h2-7,10-11,16-17,19,23H,8-9,12-13H2,1H3,(H,22,24)/t17-,19?/m1/s1. The summed E-state index contributed by atoms with van der Waals surface area (Å²) in [6.45, 7) is -0.446. The van der Waals surface area contributed by atoms with Crippen molar-refractivity contribution in [3.63, 3.8) is 0 Å². The predicted octanol–water partition coefficient (Wildman–Crippen LogP) is 1.93. The van der Waals surface area contributed by atoms with Crippen LogP contribution < -0.4 is 10.1 Å². The molecule has 1 aliphatic rings. The van der Waals surface area contributed by atoms with Crippen LogP contribution in [0.1, 0.15) is 30.1 Å². The van der Waals surface area contributed by atoms with E-state index in [9.17, 15) is 18.3 Å². The molecule has 3 rings (SSSR count). The van der Waals surface area contributed by atoms with Gasteiger partial charge in [0.25, 0.3) is 10.1 Å². The summed E-state index contributed by atoms with van der Waals surface area (Å²) in [6, 6.07) is 11.2. The third kappa shape index (κ3) is 7.29. The van der Waals surface area contributed by atoms with Crippen LogP contribution in [0.15, 0.2) is 48.7 Å². The monoisotopic (exact) mass is 436 g/mol. The Hall–Kier alpha value is -2.69. The smallest absolute Gasteiger partial charge is 0.407 e. The first-order valence-corrected chi connectivity index (χ1v) is 11.2. The highest BCUT2D eigenvalue weighted by atomic mass is 32.2. The van der Waals surface area contributed by atoms with Gasteiger partial charge in [-0.3, -0.25) is 4.18 Å². The third-order valence-corrected chi connectivity index (χ3v) is 4.84. The lowest BCUT2D eigenvalue weighted by Gasteiger charge is -2.23. The summed E-state index contributed by atoms with van der Waals surface area (Å²) in [5, 5.41) is 13.1. The average molecular weight is 436 g/mol. The Kier molecular flexibility index (Phi) is 7.24. The Morgan fingerprint density at radius 2 is 1.97 bits per heavy atom. The number of aliphatic hydroxyl groups excluding tert-OH is 1. The Balaban J connectivity index is 1.63. The first-order valence-electron chi connectivity index (χ1n) is 9.42. The summed E-state index contributed by atoms with van der Waals surface area (Å²) in [7, 11) is -3.78. The number of ether oxygens (including phenoxy) is 2. The molecule has 0 spiro atoms. The first-order chi connectivity index (χ1) is 14.3. The van der Waals surface area contributed by atoms with Gasteiger partial charge in [0, 0.05) is 17.8 Å². The second kappa shape index (κ2) is 9.88. The second-order valence-electron chi connectivity index (χ2n) is 6.99. The van der Waals surface area contributed by atoms with Gasteiger partial charge in [-0.1, -0.05) is 30.3 Å². The maximum atomic E-state index is 12.2. The molecular formula is C20H24N2O7S. The quantitative estimate of drug-likeness (QED) is 0.542. The lowest BCUT2D eigenvalue weighted by Crippen LogP contribution is -2.43. The van der Waals surface area contributed by atoms with Gasteiger partial charge in [0.1, 0.15) is 18.8 Å². The lowest BCUT2D eigenvalue weighted by molar-refractivity contribution is 0.0826. The fourth-order valence-electron chi connectivity index (χ4n) is 2.55. The number of aliphatic hydroxyl groups is 1. The fraction of sp³-hybridized carbons (Fsp3) is 0.400. The molecule has 1 aliphatic carbocycles. The van der Waals surface area contributed by atoms with Gasteiger partial charge >= 0.3 is 6.09 Å². The van der Waals surface area contributed by atoms with E-state index in [2.05, 4.69) is 10.3 Å². The SMILES string of the molecule is CS(=O)(=O)OC[C@@H](NC(=O)OCc1ccccc1)C(O)c1ccc(OC2CC2)nc1. The van der Waals surface area contributed by atoms with Crippen molar-refractivity contribution in [3.8, 4) is 5.88 Å². The minimum Gasteiger partial charge on any atom is -0.474 e. The molecule has 2 N–H and O–H groups in total. The number of benzene rings is 1. The van der Waals surface area contributed by atoms with Crippen LogP contribution in [0.4, 0.5) is 4.79 Å². The molecule has 1 fully saturated rings. The summed E-state index contributed by atoms with van der Waals surface area (Å²) in [4.78, 5) is 16.3. The highest BCUT2D eigenvalue weighted by molar-refractivity contribution is 7.85. The molecule has 0 saturated heterocycles. The maximum absolute atomic E-state index is 12.2. The number of alkyl carbamates (subject to hydrolysis) is 1. The Labute approximate surface area is 175 Å². The third-order valence-electron chi connectivity index (χ3n) is 4.27.